The van der Waals surface area contributed by atoms with Gasteiger partial charge in [0.1, 0.15) is 5.76 Å². The highest BCUT2D eigenvalue weighted by atomic mass is 32.2. The van der Waals surface area contributed by atoms with E-state index < -0.39 is 11.2 Å². The van der Waals surface area contributed by atoms with Gasteiger partial charge in [-0.05, 0) is 37.1 Å². The summed E-state index contributed by atoms with van der Waals surface area (Å²) in [6.07, 6.45) is 2.36. The molecule has 3 N–H and O–H groups in total. The number of carbonyl (C=O) groups excluding carboxylic acids is 1. The van der Waals surface area contributed by atoms with Crippen molar-refractivity contribution in [1.82, 2.24) is 10.2 Å². The molecule has 0 radical (unpaired) electrons. The smallest absolute Gasteiger partial charge is 0.269 e. The van der Waals surface area contributed by atoms with E-state index in [2.05, 4.69) is 19.4 Å². The second kappa shape index (κ2) is 8.48. The Kier molecular flexibility index (Phi) is 6.02. The van der Waals surface area contributed by atoms with Gasteiger partial charge in [-0.25, -0.2) is 4.21 Å². The maximum Gasteiger partial charge on any atom is 0.269 e. The number of anilines is 1. The first-order valence-corrected chi connectivity index (χ1v) is 10.1. The molecule has 1 aliphatic heterocycles. The van der Waals surface area contributed by atoms with Crippen LogP contribution in [0.3, 0.4) is 0 Å². The molecule has 1 amide bonds. The Morgan fingerprint density at radius 2 is 2.03 bits per heavy atom. The lowest BCUT2D eigenvalue weighted by Crippen LogP contribution is -2.36. The number of hydrogen-bond donors (Lipinski definition) is 3. The molecule has 0 spiro atoms. The average molecular weight is 417 g/mol. The number of amidine groups is 2. The maximum atomic E-state index is 12.2. The van der Waals surface area contributed by atoms with Gasteiger partial charge in [0.2, 0.25) is 0 Å². The molecule has 1 aromatic heterocycles. The number of carbonyl (C=O) groups is 1. The van der Waals surface area contributed by atoms with Crippen molar-refractivity contribution in [2.45, 2.75) is 26.3 Å². The number of phenolic OH excluding ortho intramolecular Hbond substituents is 1. The van der Waals surface area contributed by atoms with Crippen LogP contribution < -0.4 is 10.6 Å². The first kappa shape index (κ1) is 20.6. The van der Waals surface area contributed by atoms with Crippen molar-refractivity contribution >= 4 is 34.4 Å². The Labute approximate surface area is 171 Å². The molecule has 2 heterocycles. The maximum absolute atomic E-state index is 12.2. The monoisotopic (exact) mass is 417 g/mol. The minimum Gasteiger partial charge on any atom is -0.505 e. The summed E-state index contributed by atoms with van der Waals surface area (Å²) in [5.74, 6) is 0.655. The molecule has 29 heavy (non-hydrogen) atoms. The summed E-state index contributed by atoms with van der Waals surface area (Å²) in [6, 6.07) is 6.48. The van der Waals surface area contributed by atoms with Crippen LogP contribution in [-0.4, -0.2) is 45.9 Å². The van der Waals surface area contributed by atoms with Crippen LogP contribution in [-0.2, 0) is 11.2 Å². The molecule has 1 unspecified atom stereocenters. The number of aryl methyl sites for hydroxylation is 1. The topological polar surface area (TPSA) is 120 Å². The fraction of sp³-hybridized carbons (Fsp3) is 0.316. The van der Waals surface area contributed by atoms with E-state index in [9.17, 15) is 14.1 Å². The van der Waals surface area contributed by atoms with Crippen LogP contribution in [0.5, 0.6) is 5.75 Å². The number of nitrogens with one attached hydrogen (secondary N) is 2. The minimum atomic E-state index is -1.79. The largest absolute Gasteiger partial charge is 0.505 e. The summed E-state index contributed by atoms with van der Waals surface area (Å²) < 4.78 is 25.5. The Hall–Kier alpha value is -3.14. The minimum absolute atomic E-state index is 0.142. The van der Waals surface area contributed by atoms with E-state index >= 15 is 0 Å². The molecule has 10 heteroatoms. The molecule has 1 aliphatic rings. The van der Waals surface area contributed by atoms with Crippen molar-refractivity contribution in [2.75, 3.05) is 19.4 Å². The predicted octanol–water partition coefficient (Wildman–Crippen LogP) is 2.54. The Balaban J connectivity index is 1.83. The zero-order valence-electron chi connectivity index (χ0n) is 16.6. The van der Waals surface area contributed by atoms with Gasteiger partial charge in [0.15, 0.2) is 17.4 Å². The van der Waals surface area contributed by atoms with E-state index in [1.807, 2.05) is 19.9 Å². The normalized spacial score (nSPS) is 16.8. The summed E-state index contributed by atoms with van der Waals surface area (Å²) in [6.45, 7) is 3.91. The number of benzene rings is 1. The van der Waals surface area contributed by atoms with Crippen LogP contribution in [0.1, 0.15) is 41.1 Å². The van der Waals surface area contributed by atoms with Crippen molar-refractivity contribution in [3.8, 4) is 5.75 Å². The predicted molar refractivity (Wildman–Crippen MR) is 112 cm³/mol. The molecular weight excluding hydrogens is 394 g/mol. The van der Waals surface area contributed by atoms with Crippen LogP contribution in [0.15, 0.2) is 43.7 Å². The quantitative estimate of drug-likeness (QED) is 0.643. The highest BCUT2D eigenvalue weighted by molar-refractivity contribution is 7.83. The van der Waals surface area contributed by atoms with Crippen molar-refractivity contribution in [2.24, 2.45) is 8.80 Å². The molecule has 2 atom stereocenters. The highest BCUT2D eigenvalue weighted by Crippen LogP contribution is 2.29. The Morgan fingerprint density at radius 1 is 1.31 bits per heavy atom. The molecule has 0 bridgehead atoms. The number of furan rings is 1. The third-order valence-electron chi connectivity index (χ3n) is 4.30. The standard InChI is InChI=1S/C19H23N5O4S/c1-5-13(15-9-11(2)10-28-15)20-17-18(23-29(27)22-17)21-14-8-6-7-12(16(14)25)19(26)24(3)4/h6-10,13,25H,5H2,1-4H3,(H,20,22)(H,21,23)/t13-,29?/m1/s1. The van der Waals surface area contributed by atoms with Gasteiger partial charge in [-0.15, -0.1) is 8.80 Å². The van der Waals surface area contributed by atoms with Crippen LogP contribution >= 0.6 is 0 Å². The molecule has 0 aliphatic carbocycles. The van der Waals surface area contributed by atoms with Crippen LogP contribution in [0.25, 0.3) is 0 Å². The van der Waals surface area contributed by atoms with E-state index in [0.717, 1.165) is 11.3 Å². The lowest BCUT2D eigenvalue weighted by Gasteiger charge is -2.18. The molecule has 9 nitrogen and oxygen atoms in total. The van der Waals surface area contributed by atoms with Crippen molar-refractivity contribution in [3.05, 3.63) is 47.4 Å². The molecular formula is C19H23N5O4S. The number of rotatable bonds is 5. The van der Waals surface area contributed by atoms with Gasteiger partial charge >= 0.3 is 0 Å². The number of amides is 1. The fourth-order valence-corrected chi connectivity index (χ4v) is 3.43. The molecule has 1 aromatic carbocycles. The van der Waals surface area contributed by atoms with Crippen molar-refractivity contribution in [1.29, 1.82) is 0 Å². The Morgan fingerprint density at radius 3 is 2.66 bits per heavy atom. The molecule has 0 saturated carbocycles. The SMILES string of the molecule is CC[C@@H](NC1=NS(=O)N=C1Nc1cccc(C(=O)N(C)C)c1O)c1cc(C)co1. The summed E-state index contributed by atoms with van der Waals surface area (Å²) in [4.78, 5) is 13.6. The first-order valence-electron chi connectivity index (χ1n) is 9.02. The number of hydrogen-bond acceptors (Lipinski definition) is 6. The van der Waals surface area contributed by atoms with Gasteiger partial charge in [-0.2, -0.15) is 0 Å². The second-order valence-electron chi connectivity index (χ2n) is 6.77. The number of aromatic hydroxyl groups is 1. The van der Waals surface area contributed by atoms with Crippen LogP contribution in [0.2, 0.25) is 0 Å². The lowest BCUT2D eigenvalue weighted by atomic mass is 10.1. The first-order chi connectivity index (χ1) is 13.8. The van der Waals surface area contributed by atoms with E-state index in [1.54, 1.807) is 32.5 Å². The zero-order chi connectivity index (χ0) is 21.1. The van der Waals surface area contributed by atoms with E-state index in [-0.39, 0.29) is 40.6 Å². The van der Waals surface area contributed by atoms with Gasteiger partial charge in [0, 0.05) is 14.1 Å². The zero-order valence-corrected chi connectivity index (χ0v) is 17.4. The summed E-state index contributed by atoms with van der Waals surface area (Å²) in [7, 11) is 3.20. The summed E-state index contributed by atoms with van der Waals surface area (Å²) in [5, 5.41) is 16.6. The highest BCUT2D eigenvalue weighted by Gasteiger charge is 2.25. The lowest BCUT2D eigenvalue weighted by molar-refractivity contribution is 0.0824. The molecule has 3 rings (SSSR count). The van der Waals surface area contributed by atoms with E-state index in [1.165, 1.54) is 11.0 Å². The van der Waals surface area contributed by atoms with Gasteiger partial charge in [-0.3, -0.25) is 4.79 Å². The number of para-hydroxylation sites is 1. The third-order valence-corrected chi connectivity index (χ3v) is 4.98. The van der Waals surface area contributed by atoms with Crippen molar-refractivity contribution < 1.29 is 18.5 Å². The van der Waals surface area contributed by atoms with E-state index in [4.69, 9.17) is 4.42 Å². The number of phenols is 1. The van der Waals surface area contributed by atoms with Gasteiger partial charge < -0.3 is 25.1 Å². The third kappa shape index (κ3) is 4.48. The van der Waals surface area contributed by atoms with Crippen LogP contribution in [0.4, 0.5) is 5.69 Å². The fourth-order valence-electron chi connectivity index (χ4n) is 2.80. The molecule has 0 fully saturated rings. The van der Waals surface area contributed by atoms with Gasteiger partial charge in [0.05, 0.1) is 23.6 Å². The average Bonchev–Trinajstić information content (AvgIpc) is 3.26. The molecule has 2 aromatic rings. The molecule has 154 valence electrons. The summed E-state index contributed by atoms with van der Waals surface area (Å²) >= 11 is -1.79. The van der Waals surface area contributed by atoms with Crippen LogP contribution in [0, 0.1) is 6.92 Å². The second-order valence-corrected chi connectivity index (χ2v) is 7.60. The van der Waals surface area contributed by atoms with Crippen molar-refractivity contribution in [3.63, 3.8) is 0 Å². The molecule has 0 saturated heterocycles. The van der Waals surface area contributed by atoms with Gasteiger partial charge in [0.25, 0.3) is 17.1 Å². The van der Waals surface area contributed by atoms with E-state index in [0.29, 0.717) is 6.42 Å². The summed E-state index contributed by atoms with van der Waals surface area (Å²) in [5.41, 5.74) is 1.40. The Bertz CT molecular complexity index is 1010. The number of nitrogens with zero attached hydrogens (tertiary/aromatic N) is 3. The van der Waals surface area contributed by atoms with Gasteiger partial charge in [-0.1, -0.05) is 13.0 Å².